The smallest absolute Gasteiger partial charge is 0.232 e. The number of hydrogen-bond donors (Lipinski definition) is 4. The van der Waals surface area contributed by atoms with Crippen LogP contribution in [0.1, 0.15) is 22.3 Å². The average molecular weight is 386 g/mol. The maximum atomic E-state index is 12.2. The van der Waals surface area contributed by atoms with Crippen LogP contribution in [0.3, 0.4) is 0 Å². The third-order valence-corrected chi connectivity index (χ3v) is 4.73. The van der Waals surface area contributed by atoms with Gasteiger partial charge in [-0.05, 0) is 30.5 Å². The van der Waals surface area contributed by atoms with E-state index in [0.717, 1.165) is 16.7 Å². The van der Waals surface area contributed by atoms with E-state index in [0.29, 0.717) is 5.56 Å². The molecule has 0 aliphatic rings. The standard InChI is InChI=1S/C22H26O6/c1-13-6-5-8-15(10-13)11-17(23)19(25)21(27)22(28)20(26)18(24)12-16-9-4-3-7-14(16)2/h3-10,17-20,23-26H,11-12H2,1-2H3/t17?,18?,19-,20+/m1/s1. The van der Waals surface area contributed by atoms with Crippen molar-refractivity contribution in [2.45, 2.75) is 51.1 Å². The minimum absolute atomic E-state index is 0.0190. The van der Waals surface area contributed by atoms with Crippen LogP contribution >= 0.6 is 0 Å². The van der Waals surface area contributed by atoms with E-state index >= 15 is 0 Å². The summed E-state index contributed by atoms with van der Waals surface area (Å²) in [5, 5.41) is 40.3. The van der Waals surface area contributed by atoms with Crippen molar-refractivity contribution in [3.8, 4) is 0 Å². The maximum Gasteiger partial charge on any atom is 0.232 e. The van der Waals surface area contributed by atoms with Crippen molar-refractivity contribution in [3.63, 3.8) is 0 Å². The van der Waals surface area contributed by atoms with Crippen LogP contribution in [-0.2, 0) is 22.4 Å². The number of aliphatic hydroxyl groups is 4. The van der Waals surface area contributed by atoms with Crippen molar-refractivity contribution in [1.29, 1.82) is 0 Å². The molecule has 150 valence electrons. The van der Waals surface area contributed by atoms with Gasteiger partial charge >= 0.3 is 0 Å². The Morgan fingerprint density at radius 1 is 0.786 bits per heavy atom. The number of ketones is 2. The van der Waals surface area contributed by atoms with Crippen LogP contribution in [0.25, 0.3) is 0 Å². The Hall–Kier alpha value is -2.38. The molecule has 0 bridgehead atoms. The summed E-state index contributed by atoms with van der Waals surface area (Å²) in [5.41, 5.74) is 3.26. The second kappa shape index (κ2) is 9.71. The Morgan fingerprint density at radius 2 is 1.36 bits per heavy atom. The van der Waals surface area contributed by atoms with Gasteiger partial charge in [0.1, 0.15) is 12.2 Å². The van der Waals surface area contributed by atoms with Gasteiger partial charge in [0.05, 0.1) is 12.2 Å². The summed E-state index contributed by atoms with van der Waals surface area (Å²) in [6, 6.07) is 14.3. The van der Waals surface area contributed by atoms with E-state index in [9.17, 15) is 30.0 Å². The third-order valence-electron chi connectivity index (χ3n) is 4.73. The Morgan fingerprint density at radius 3 is 1.93 bits per heavy atom. The van der Waals surface area contributed by atoms with Gasteiger partial charge in [-0.3, -0.25) is 9.59 Å². The first-order chi connectivity index (χ1) is 13.2. The molecule has 0 aromatic heterocycles. The molecular weight excluding hydrogens is 360 g/mol. The van der Waals surface area contributed by atoms with Gasteiger partial charge in [0, 0.05) is 12.8 Å². The molecule has 2 rings (SSSR count). The SMILES string of the molecule is Cc1cccc(CC(O)[C@@H](O)C(=O)C(=O)[C@@H](O)C(O)Cc2ccccc2C)c1. The molecule has 0 saturated heterocycles. The number of Topliss-reactive ketones (excluding diaryl/α,β-unsaturated/α-hetero) is 2. The van der Waals surface area contributed by atoms with Gasteiger partial charge < -0.3 is 20.4 Å². The molecule has 0 heterocycles. The normalized spacial score (nSPS) is 15.5. The minimum Gasteiger partial charge on any atom is -0.390 e. The lowest BCUT2D eigenvalue weighted by Crippen LogP contribution is -2.47. The average Bonchev–Trinajstić information content (AvgIpc) is 2.67. The molecule has 0 radical (unpaired) electrons. The molecule has 2 unspecified atom stereocenters. The van der Waals surface area contributed by atoms with Crippen LogP contribution in [0.4, 0.5) is 0 Å². The largest absolute Gasteiger partial charge is 0.390 e. The van der Waals surface area contributed by atoms with E-state index in [-0.39, 0.29) is 12.8 Å². The van der Waals surface area contributed by atoms with Gasteiger partial charge in [0.25, 0.3) is 0 Å². The molecule has 6 nitrogen and oxygen atoms in total. The number of benzene rings is 2. The summed E-state index contributed by atoms with van der Waals surface area (Å²) in [4.78, 5) is 24.4. The second-order valence-corrected chi connectivity index (χ2v) is 7.08. The quantitative estimate of drug-likeness (QED) is 0.471. The number of rotatable bonds is 9. The Bertz CT molecular complexity index is 831. The third kappa shape index (κ3) is 5.56. The van der Waals surface area contributed by atoms with Crippen LogP contribution in [0.5, 0.6) is 0 Å². The Balaban J connectivity index is 1.99. The van der Waals surface area contributed by atoms with E-state index < -0.39 is 36.0 Å². The molecule has 0 aliphatic heterocycles. The number of aliphatic hydroxyl groups excluding tert-OH is 4. The molecule has 0 amide bonds. The number of aryl methyl sites for hydroxylation is 2. The van der Waals surface area contributed by atoms with Crippen molar-refractivity contribution >= 4 is 11.6 Å². The fourth-order valence-corrected chi connectivity index (χ4v) is 3.01. The fraction of sp³-hybridized carbons (Fsp3) is 0.364. The Labute approximate surface area is 164 Å². The van der Waals surface area contributed by atoms with Gasteiger partial charge in [-0.2, -0.15) is 0 Å². The monoisotopic (exact) mass is 386 g/mol. The van der Waals surface area contributed by atoms with Crippen molar-refractivity contribution in [3.05, 3.63) is 70.8 Å². The zero-order chi connectivity index (χ0) is 20.8. The van der Waals surface area contributed by atoms with Crippen molar-refractivity contribution in [1.82, 2.24) is 0 Å². The highest BCUT2D eigenvalue weighted by atomic mass is 16.3. The summed E-state index contributed by atoms with van der Waals surface area (Å²) in [7, 11) is 0. The molecule has 4 N–H and O–H groups in total. The highest BCUT2D eigenvalue weighted by Gasteiger charge is 2.36. The summed E-state index contributed by atoms with van der Waals surface area (Å²) in [5.74, 6) is -2.65. The predicted molar refractivity (Wildman–Crippen MR) is 104 cm³/mol. The predicted octanol–water partition coefficient (Wildman–Crippen LogP) is 0.670. The van der Waals surface area contributed by atoms with Gasteiger partial charge in [-0.1, -0.05) is 54.1 Å². The fourth-order valence-electron chi connectivity index (χ4n) is 3.01. The zero-order valence-electron chi connectivity index (χ0n) is 15.9. The zero-order valence-corrected chi connectivity index (χ0v) is 15.9. The lowest BCUT2D eigenvalue weighted by atomic mass is 9.93. The van der Waals surface area contributed by atoms with Gasteiger partial charge in [-0.25, -0.2) is 0 Å². The van der Waals surface area contributed by atoms with Crippen molar-refractivity contribution in [2.24, 2.45) is 0 Å². The molecule has 28 heavy (non-hydrogen) atoms. The molecule has 0 spiro atoms. The molecule has 6 heteroatoms. The first-order valence-electron chi connectivity index (χ1n) is 9.11. The number of hydrogen-bond acceptors (Lipinski definition) is 6. The highest BCUT2D eigenvalue weighted by molar-refractivity contribution is 6.40. The van der Waals surface area contributed by atoms with Crippen molar-refractivity contribution < 1.29 is 30.0 Å². The van der Waals surface area contributed by atoms with Crippen LogP contribution in [0.2, 0.25) is 0 Å². The van der Waals surface area contributed by atoms with E-state index in [1.54, 1.807) is 30.3 Å². The number of carbonyl (C=O) groups is 2. The molecule has 2 aromatic carbocycles. The summed E-state index contributed by atoms with van der Waals surface area (Å²) >= 11 is 0. The maximum absolute atomic E-state index is 12.2. The topological polar surface area (TPSA) is 115 Å². The van der Waals surface area contributed by atoms with Crippen LogP contribution in [0, 0.1) is 13.8 Å². The highest BCUT2D eigenvalue weighted by Crippen LogP contribution is 2.14. The van der Waals surface area contributed by atoms with E-state index in [1.807, 2.05) is 32.0 Å². The van der Waals surface area contributed by atoms with Gasteiger partial charge in [0.2, 0.25) is 11.6 Å². The summed E-state index contributed by atoms with van der Waals surface area (Å²) in [6.45, 7) is 3.69. The lowest BCUT2D eigenvalue weighted by Gasteiger charge is -2.20. The summed E-state index contributed by atoms with van der Waals surface area (Å²) < 4.78 is 0. The lowest BCUT2D eigenvalue weighted by molar-refractivity contribution is -0.152. The van der Waals surface area contributed by atoms with E-state index in [2.05, 4.69) is 0 Å². The Kier molecular flexibility index (Phi) is 7.60. The molecular formula is C22H26O6. The van der Waals surface area contributed by atoms with E-state index in [4.69, 9.17) is 0 Å². The second-order valence-electron chi connectivity index (χ2n) is 7.08. The van der Waals surface area contributed by atoms with Crippen LogP contribution in [0.15, 0.2) is 48.5 Å². The number of carbonyl (C=O) groups excluding carboxylic acids is 2. The van der Waals surface area contributed by atoms with Crippen LogP contribution < -0.4 is 0 Å². The van der Waals surface area contributed by atoms with Gasteiger partial charge in [0.15, 0.2) is 0 Å². The minimum atomic E-state index is -1.98. The first-order valence-corrected chi connectivity index (χ1v) is 9.11. The molecule has 0 saturated carbocycles. The van der Waals surface area contributed by atoms with Gasteiger partial charge in [-0.15, -0.1) is 0 Å². The molecule has 2 aromatic rings. The summed E-state index contributed by atoms with van der Waals surface area (Å²) in [6.07, 6.45) is -7.00. The molecule has 0 fully saturated rings. The molecule has 4 atom stereocenters. The first kappa shape index (κ1) is 21.9. The molecule has 0 aliphatic carbocycles. The van der Waals surface area contributed by atoms with E-state index in [1.165, 1.54) is 0 Å². The van der Waals surface area contributed by atoms with Crippen LogP contribution in [-0.4, -0.2) is 56.4 Å². The van der Waals surface area contributed by atoms with Crippen molar-refractivity contribution in [2.75, 3.05) is 0 Å².